The molecule has 2 aromatic carbocycles. The lowest BCUT2D eigenvalue weighted by atomic mass is 10.1. The van der Waals surface area contributed by atoms with Crippen LogP contribution in [0.5, 0.6) is 5.75 Å². The van der Waals surface area contributed by atoms with E-state index in [9.17, 15) is 4.79 Å². The Morgan fingerprint density at radius 2 is 2.10 bits per heavy atom. The van der Waals surface area contributed by atoms with E-state index in [4.69, 9.17) is 22.1 Å². The highest BCUT2D eigenvalue weighted by Gasteiger charge is 2.13. The van der Waals surface area contributed by atoms with E-state index >= 15 is 0 Å². The zero-order chi connectivity index (χ0) is 15.4. The molecule has 1 amide bonds. The molecule has 0 unspecified atom stereocenters. The highest BCUT2D eigenvalue weighted by atomic mass is 35.5. The van der Waals surface area contributed by atoms with E-state index in [1.807, 2.05) is 26.0 Å². The number of carbonyl (C=O) groups is 1. The summed E-state index contributed by atoms with van der Waals surface area (Å²) in [6.45, 7) is 4.43. The molecule has 2 rings (SSSR count). The molecular weight excluding hydrogens is 288 g/mol. The van der Waals surface area contributed by atoms with Crippen LogP contribution in [0.25, 0.3) is 0 Å². The Balaban J connectivity index is 2.22. The Kier molecular flexibility index (Phi) is 4.70. The summed E-state index contributed by atoms with van der Waals surface area (Å²) in [5, 5.41) is 3.09. The summed E-state index contributed by atoms with van der Waals surface area (Å²) < 4.78 is 5.42. The second kappa shape index (κ2) is 6.50. The molecule has 0 heterocycles. The molecule has 21 heavy (non-hydrogen) atoms. The highest BCUT2D eigenvalue weighted by molar-refractivity contribution is 6.36. The van der Waals surface area contributed by atoms with Gasteiger partial charge in [0.1, 0.15) is 5.75 Å². The van der Waals surface area contributed by atoms with Crippen molar-refractivity contribution in [3.05, 3.63) is 52.5 Å². The third-order valence-corrected chi connectivity index (χ3v) is 3.45. The third kappa shape index (κ3) is 3.47. The standard InChI is InChI=1S/C16H17ClN2O2/c1-3-21-11-7-8-14(10(2)9-11)19-16(20)12-5-4-6-13(18)15(12)17/h4-9H,3,18H2,1-2H3,(H,19,20). The van der Waals surface area contributed by atoms with Crippen LogP contribution in [0, 0.1) is 6.92 Å². The Bertz CT molecular complexity index is 671. The van der Waals surface area contributed by atoms with Gasteiger partial charge in [-0.25, -0.2) is 0 Å². The fraction of sp³-hybridized carbons (Fsp3) is 0.188. The van der Waals surface area contributed by atoms with Gasteiger partial charge in [-0.2, -0.15) is 0 Å². The van der Waals surface area contributed by atoms with E-state index < -0.39 is 0 Å². The minimum atomic E-state index is -0.292. The first-order valence-corrected chi connectivity index (χ1v) is 6.99. The normalized spacial score (nSPS) is 10.2. The maximum Gasteiger partial charge on any atom is 0.257 e. The number of nitrogen functional groups attached to an aromatic ring is 1. The molecule has 2 aromatic rings. The number of nitrogens with two attached hydrogens (primary N) is 1. The van der Waals surface area contributed by atoms with Crippen molar-refractivity contribution in [2.75, 3.05) is 17.7 Å². The third-order valence-electron chi connectivity index (χ3n) is 3.03. The smallest absolute Gasteiger partial charge is 0.257 e. The minimum Gasteiger partial charge on any atom is -0.494 e. The molecule has 0 saturated carbocycles. The molecule has 0 aliphatic heterocycles. The summed E-state index contributed by atoms with van der Waals surface area (Å²) in [5.41, 5.74) is 8.06. The van der Waals surface area contributed by atoms with E-state index in [0.717, 1.165) is 11.3 Å². The molecule has 0 aliphatic carbocycles. The van der Waals surface area contributed by atoms with Crippen LogP contribution in [-0.2, 0) is 0 Å². The molecule has 0 aromatic heterocycles. The average molecular weight is 305 g/mol. The number of rotatable bonds is 4. The van der Waals surface area contributed by atoms with Crippen molar-refractivity contribution >= 4 is 28.9 Å². The first-order chi connectivity index (χ1) is 10.0. The fourth-order valence-electron chi connectivity index (χ4n) is 1.95. The van der Waals surface area contributed by atoms with Crippen LogP contribution in [0.2, 0.25) is 5.02 Å². The van der Waals surface area contributed by atoms with Crippen molar-refractivity contribution in [2.24, 2.45) is 0 Å². The predicted molar refractivity (Wildman–Crippen MR) is 86.2 cm³/mol. The van der Waals surface area contributed by atoms with Gasteiger partial charge in [-0.1, -0.05) is 17.7 Å². The zero-order valence-electron chi connectivity index (χ0n) is 11.9. The molecule has 0 bridgehead atoms. The molecule has 110 valence electrons. The quantitative estimate of drug-likeness (QED) is 0.842. The fourth-order valence-corrected chi connectivity index (χ4v) is 2.16. The number of benzene rings is 2. The Labute approximate surface area is 128 Å². The average Bonchev–Trinajstić information content (AvgIpc) is 2.45. The number of nitrogens with one attached hydrogen (secondary N) is 1. The lowest BCUT2D eigenvalue weighted by Crippen LogP contribution is -2.14. The molecule has 0 spiro atoms. The maximum absolute atomic E-state index is 12.3. The van der Waals surface area contributed by atoms with Gasteiger partial charge in [-0.15, -0.1) is 0 Å². The van der Waals surface area contributed by atoms with Gasteiger partial charge in [0.15, 0.2) is 0 Å². The van der Waals surface area contributed by atoms with Crippen LogP contribution in [0.4, 0.5) is 11.4 Å². The number of aryl methyl sites for hydroxylation is 1. The number of amides is 1. The van der Waals surface area contributed by atoms with Crippen LogP contribution in [0.1, 0.15) is 22.8 Å². The Hall–Kier alpha value is -2.20. The van der Waals surface area contributed by atoms with Crippen molar-refractivity contribution in [1.82, 2.24) is 0 Å². The lowest BCUT2D eigenvalue weighted by molar-refractivity contribution is 0.102. The Morgan fingerprint density at radius 3 is 2.76 bits per heavy atom. The van der Waals surface area contributed by atoms with Crippen molar-refractivity contribution < 1.29 is 9.53 Å². The zero-order valence-corrected chi connectivity index (χ0v) is 12.7. The molecule has 0 saturated heterocycles. The van der Waals surface area contributed by atoms with Gasteiger partial charge in [-0.05, 0) is 49.7 Å². The van der Waals surface area contributed by atoms with Crippen LogP contribution in [-0.4, -0.2) is 12.5 Å². The summed E-state index contributed by atoms with van der Waals surface area (Å²) in [4.78, 5) is 12.3. The molecule has 0 aliphatic rings. The van der Waals surface area contributed by atoms with Crippen LogP contribution >= 0.6 is 11.6 Å². The lowest BCUT2D eigenvalue weighted by Gasteiger charge is -2.12. The number of halogens is 1. The number of hydrogen-bond acceptors (Lipinski definition) is 3. The Morgan fingerprint density at radius 1 is 1.33 bits per heavy atom. The summed E-state index contributed by atoms with van der Waals surface area (Å²) >= 11 is 6.05. The number of anilines is 2. The predicted octanol–water partition coefficient (Wildman–Crippen LogP) is 3.88. The first kappa shape index (κ1) is 15.2. The SMILES string of the molecule is CCOc1ccc(NC(=O)c2cccc(N)c2Cl)c(C)c1. The van der Waals surface area contributed by atoms with Crippen LogP contribution in [0.3, 0.4) is 0 Å². The van der Waals surface area contributed by atoms with Gasteiger partial charge in [0.05, 0.1) is 22.9 Å². The van der Waals surface area contributed by atoms with E-state index in [2.05, 4.69) is 5.32 Å². The summed E-state index contributed by atoms with van der Waals surface area (Å²) in [6.07, 6.45) is 0. The maximum atomic E-state index is 12.3. The highest BCUT2D eigenvalue weighted by Crippen LogP contribution is 2.26. The summed E-state index contributed by atoms with van der Waals surface area (Å²) in [6, 6.07) is 10.5. The van der Waals surface area contributed by atoms with E-state index in [0.29, 0.717) is 23.5 Å². The molecule has 3 N–H and O–H groups in total. The number of hydrogen-bond donors (Lipinski definition) is 2. The van der Waals surface area contributed by atoms with Gasteiger partial charge in [0, 0.05) is 5.69 Å². The largest absolute Gasteiger partial charge is 0.494 e. The summed E-state index contributed by atoms with van der Waals surface area (Å²) in [7, 11) is 0. The molecular formula is C16H17ClN2O2. The molecule has 0 fully saturated rings. The monoisotopic (exact) mass is 304 g/mol. The van der Waals surface area contributed by atoms with Crippen molar-refractivity contribution in [2.45, 2.75) is 13.8 Å². The van der Waals surface area contributed by atoms with Gasteiger partial charge in [0.25, 0.3) is 5.91 Å². The van der Waals surface area contributed by atoms with Gasteiger partial charge in [0.2, 0.25) is 0 Å². The van der Waals surface area contributed by atoms with E-state index in [1.165, 1.54) is 0 Å². The van der Waals surface area contributed by atoms with Gasteiger partial charge < -0.3 is 15.8 Å². The van der Waals surface area contributed by atoms with Crippen LogP contribution in [0.15, 0.2) is 36.4 Å². The minimum absolute atomic E-state index is 0.263. The first-order valence-electron chi connectivity index (χ1n) is 6.61. The topological polar surface area (TPSA) is 64.3 Å². The van der Waals surface area contributed by atoms with Crippen molar-refractivity contribution in [3.63, 3.8) is 0 Å². The number of ether oxygens (including phenoxy) is 1. The van der Waals surface area contributed by atoms with Gasteiger partial charge >= 0.3 is 0 Å². The molecule has 5 heteroatoms. The molecule has 4 nitrogen and oxygen atoms in total. The van der Waals surface area contributed by atoms with Crippen molar-refractivity contribution in [3.8, 4) is 5.75 Å². The van der Waals surface area contributed by atoms with E-state index in [-0.39, 0.29) is 10.9 Å². The van der Waals surface area contributed by atoms with Crippen LogP contribution < -0.4 is 15.8 Å². The number of carbonyl (C=O) groups excluding carboxylic acids is 1. The van der Waals surface area contributed by atoms with E-state index in [1.54, 1.807) is 24.3 Å². The van der Waals surface area contributed by atoms with Gasteiger partial charge in [-0.3, -0.25) is 4.79 Å². The summed E-state index contributed by atoms with van der Waals surface area (Å²) in [5.74, 6) is 0.481. The molecule has 0 radical (unpaired) electrons. The van der Waals surface area contributed by atoms with Crippen molar-refractivity contribution in [1.29, 1.82) is 0 Å². The molecule has 0 atom stereocenters. The second-order valence-corrected chi connectivity index (χ2v) is 4.95. The second-order valence-electron chi connectivity index (χ2n) is 4.57.